The molecule has 0 saturated heterocycles. The van der Waals surface area contributed by atoms with Crippen LogP contribution >= 0.6 is 23.1 Å². The smallest absolute Gasteiger partial charge is 0.126 e. The molecule has 0 saturated carbocycles. The molecule has 0 radical (unpaired) electrons. The van der Waals surface area contributed by atoms with Crippen LogP contribution in [-0.4, -0.2) is 11.8 Å². The van der Waals surface area contributed by atoms with Gasteiger partial charge in [-0.2, -0.15) is 0 Å². The van der Waals surface area contributed by atoms with Gasteiger partial charge in [-0.1, -0.05) is 76.6 Å². The highest BCUT2D eigenvalue weighted by molar-refractivity contribution is 9.10. The molecule has 0 bridgehead atoms. The number of hydrogen-bond donors (Lipinski definition) is 0. The van der Waals surface area contributed by atoms with Crippen LogP contribution in [0.4, 0.5) is 0 Å². The van der Waals surface area contributed by atoms with Gasteiger partial charge in [0, 0.05) is 21.6 Å². The summed E-state index contributed by atoms with van der Waals surface area (Å²) in [5.41, 5.74) is 1.34. The maximum absolute atomic E-state index is 13.4. The van der Waals surface area contributed by atoms with Crippen molar-refractivity contribution in [1.82, 2.24) is 0 Å². The van der Waals surface area contributed by atoms with Crippen LogP contribution in [0.1, 0.15) is 5.56 Å². The van der Waals surface area contributed by atoms with Gasteiger partial charge in [0.25, 0.3) is 0 Å². The molecule has 0 fully saturated rings. The van der Waals surface area contributed by atoms with Crippen molar-refractivity contribution in [3.8, 4) is 0 Å². The van der Waals surface area contributed by atoms with Crippen LogP contribution in [0.25, 0.3) is 0 Å². The van der Waals surface area contributed by atoms with E-state index in [2.05, 4.69) is 34.1 Å². The van der Waals surface area contributed by atoms with E-state index in [0.29, 0.717) is 6.16 Å². The summed E-state index contributed by atoms with van der Waals surface area (Å²) in [6.07, 6.45) is 5.72. The molecule has 3 rings (SSSR count). The van der Waals surface area contributed by atoms with Gasteiger partial charge in [-0.3, -0.25) is 0 Å². The van der Waals surface area contributed by atoms with E-state index in [0.717, 1.165) is 16.2 Å². The molecule has 2 aromatic rings. The van der Waals surface area contributed by atoms with E-state index in [1.165, 1.54) is 5.56 Å². The molecular weight excluding hydrogens is 331 g/mol. The van der Waals surface area contributed by atoms with E-state index < -0.39 is 7.14 Å². The molecule has 102 valence electrons. The van der Waals surface area contributed by atoms with Gasteiger partial charge in [-0.25, -0.2) is 0 Å². The van der Waals surface area contributed by atoms with Crippen LogP contribution in [0, 0.1) is 0 Å². The molecule has 1 nitrogen and oxygen atoms in total. The SMILES string of the molecule is O=[P@@]1(c2ccccc2)CC=C[C@H]1Cc1ccccc1Br. The van der Waals surface area contributed by atoms with Gasteiger partial charge >= 0.3 is 0 Å². The van der Waals surface area contributed by atoms with Crippen molar-refractivity contribution in [2.75, 3.05) is 6.16 Å². The van der Waals surface area contributed by atoms with Crippen molar-refractivity contribution in [3.05, 3.63) is 76.8 Å². The van der Waals surface area contributed by atoms with E-state index in [4.69, 9.17) is 0 Å². The van der Waals surface area contributed by atoms with Crippen LogP contribution in [-0.2, 0) is 11.0 Å². The van der Waals surface area contributed by atoms with Gasteiger partial charge in [-0.15, -0.1) is 0 Å². The summed E-state index contributed by atoms with van der Waals surface area (Å²) in [6.45, 7) is 0. The standard InChI is InChI=1S/C17H16BrOP/c18-17-11-5-4-7-14(17)13-16-10-6-12-20(16,19)15-8-2-1-3-9-15/h1-11,16H,12-13H2/t16-,20+/m0/s1. The van der Waals surface area contributed by atoms with E-state index in [9.17, 15) is 4.57 Å². The van der Waals surface area contributed by atoms with Crippen LogP contribution in [0.15, 0.2) is 71.2 Å². The molecule has 1 aliphatic rings. The number of rotatable bonds is 3. The first-order valence-corrected chi connectivity index (χ1v) is 9.50. The first-order chi connectivity index (χ1) is 9.70. The van der Waals surface area contributed by atoms with Gasteiger partial charge < -0.3 is 4.57 Å². The van der Waals surface area contributed by atoms with Crippen LogP contribution in [0.2, 0.25) is 0 Å². The number of halogens is 1. The van der Waals surface area contributed by atoms with E-state index >= 15 is 0 Å². The lowest BCUT2D eigenvalue weighted by Gasteiger charge is -2.21. The van der Waals surface area contributed by atoms with Gasteiger partial charge in [0.1, 0.15) is 7.14 Å². The maximum atomic E-state index is 13.4. The van der Waals surface area contributed by atoms with Crippen molar-refractivity contribution >= 4 is 28.4 Å². The lowest BCUT2D eigenvalue weighted by Crippen LogP contribution is -2.16. The van der Waals surface area contributed by atoms with Gasteiger partial charge in [0.2, 0.25) is 0 Å². The van der Waals surface area contributed by atoms with Gasteiger partial charge in [-0.05, 0) is 18.1 Å². The fourth-order valence-electron chi connectivity index (χ4n) is 2.73. The van der Waals surface area contributed by atoms with E-state index in [1.807, 2.05) is 48.5 Å². The number of hydrogen-bond acceptors (Lipinski definition) is 1. The molecular formula is C17H16BrOP. The summed E-state index contributed by atoms with van der Waals surface area (Å²) >= 11 is 3.58. The fourth-order valence-corrected chi connectivity index (χ4v) is 6.05. The monoisotopic (exact) mass is 346 g/mol. The lowest BCUT2D eigenvalue weighted by atomic mass is 10.1. The average molecular weight is 347 g/mol. The molecule has 1 aliphatic heterocycles. The Balaban J connectivity index is 1.92. The quantitative estimate of drug-likeness (QED) is 0.585. The van der Waals surface area contributed by atoms with Crippen molar-refractivity contribution in [2.45, 2.75) is 12.1 Å². The van der Waals surface area contributed by atoms with Crippen molar-refractivity contribution in [1.29, 1.82) is 0 Å². The molecule has 0 N–H and O–H groups in total. The Morgan fingerprint density at radius 3 is 2.50 bits per heavy atom. The summed E-state index contributed by atoms with van der Waals surface area (Å²) in [4.78, 5) is 0. The molecule has 0 spiro atoms. The summed E-state index contributed by atoms with van der Waals surface area (Å²) in [5, 5.41) is 1.00. The van der Waals surface area contributed by atoms with Crippen molar-refractivity contribution in [3.63, 3.8) is 0 Å². The molecule has 2 aromatic carbocycles. The average Bonchev–Trinajstić information content (AvgIpc) is 2.85. The van der Waals surface area contributed by atoms with E-state index in [-0.39, 0.29) is 5.66 Å². The first-order valence-electron chi connectivity index (χ1n) is 6.74. The van der Waals surface area contributed by atoms with Crippen molar-refractivity contribution < 1.29 is 4.57 Å². The molecule has 0 unspecified atom stereocenters. The summed E-state index contributed by atoms with van der Waals surface area (Å²) in [5.74, 6) is 0. The third-order valence-electron chi connectivity index (χ3n) is 3.85. The third kappa shape index (κ3) is 2.55. The Hall–Kier alpha value is -1.11. The lowest BCUT2D eigenvalue weighted by molar-refractivity contribution is 0.579. The molecule has 2 atom stereocenters. The summed E-state index contributed by atoms with van der Waals surface area (Å²) in [6, 6.07) is 18.1. The second-order valence-corrected chi connectivity index (χ2v) is 9.10. The van der Waals surface area contributed by atoms with Crippen molar-refractivity contribution in [2.24, 2.45) is 0 Å². The molecule has 0 aliphatic carbocycles. The highest BCUT2D eigenvalue weighted by Gasteiger charge is 2.35. The number of benzene rings is 2. The predicted molar refractivity (Wildman–Crippen MR) is 89.3 cm³/mol. The Labute approximate surface area is 128 Å². The zero-order valence-electron chi connectivity index (χ0n) is 11.1. The Bertz CT molecular complexity index is 678. The molecule has 3 heteroatoms. The highest BCUT2D eigenvalue weighted by Crippen LogP contribution is 2.54. The predicted octanol–water partition coefficient (Wildman–Crippen LogP) is 4.62. The second kappa shape index (κ2) is 5.71. The minimum absolute atomic E-state index is 0.114. The number of allylic oxidation sites excluding steroid dienone is 2. The summed E-state index contributed by atoms with van der Waals surface area (Å²) in [7, 11) is -2.35. The Kier molecular flexibility index (Phi) is 3.96. The maximum Gasteiger partial charge on any atom is 0.126 e. The largest absolute Gasteiger partial charge is 0.318 e. The van der Waals surface area contributed by atoms with Gasteiger partial charge in [0.15, 0.2) is 0 Å². The second-order valence-electron chi connectivity index (χ2n) is 5.10. The molecule has 0 aromatic heterocycles. The first kappa shape index (κ1) is 13.9. The highest BCUT2D eigenvalue weighted by atomic mass is 79.9. The van der Waals surface area contributed by atoms with Gasteiger partial charge in [0.05, 0.1) is 0 Å². The Morgan fingerprint density at radius 2 is 1.75 bits per heavy atom. The zero-order valence-corrected chi connectivity index (χ0v) is 13.6. The van der Waals surface area contributed by atoms with Crippen LogP contribution < -0.4 is 5.30 Å². The minimum atomic E-state index is -2.35. The zero-order chi connectivity index (χ0) is 14.0. The third-order valence-corrected chi connectivity index (χ3v) is 7.98. The van der Waals surface area contributed by atoms with Crippen LogP contribution in [0.3, 0.4) is 0 Å². The molecule has 1 heterocycles. The Morgan fingerprint density at radius 1 is 1.05 bits per heavy atom. The minimum Gasteiger partial charge on any atom is -0.318 e. The molecule has 0 amide bonds. The van der Waals surface area contributed by atoms with Crippen LogP contribution in [0.5, 0.6) is 0 Å². The normalized spacial score (nSPS) is 24.9. The van der Waals surface area contributed by atoms with E-state index in [1.54, 1.807) is 0 Å². The fraction of sp³-hybridized carbons (Fsp3) is 0.176. The topological polar surface area (TPSA) is 17.1 Å². The molecule has 20 heavy (non-hydrogen) atoms. The summed E-state index contributed by atoms with van der Waals surface area (Å²) < 4.78 is 14.5.